The summed E-state index contributed by atoms with van der Waals surface area (Å²) in [6, 6.07) is 8.76. The lowest BCUT2D eigenvalue weighted by Crippen LogP contribution is -2.20. The van der Waals surface area contributed by atoms with Crippen LogP contribution in [0.5, 0.6) is 5.75 Å². The summed E-state index contributed by atoms with van der Waals surface area (Å²) in [5, 5.41) is 1.11. The highest BCUT2D eigenvalue weighted by Gasteiger charge is 2.26. The van der Waals surface area contributed by atoms with E-state index in [4.69, 9.17) is 10.5 Å². The second-order valence-corrected chi connectivity index (χ2v) is 5.24. The van der Waals surface area contributed by atoms with Gasteiger partial charge in [-0.2, -0.15) is 0 Å². The van der Waals surface area contributed by atoms with Crippen LogP contribution in [0.25, 0.3) is 10.9 Å². The van der Waals surface area contributed by atoms with E-state index < -0.39 is 0 Å². The van der Waals surface area contributed by atoms with Gasteiger partial charge < -0.3 is 10.5 Å². The van der Waals surface area contributed by atoms with Gasteiger partial charge in [-0.3, -0.25) is 4.90 Å². The van der Waals surface area contributed by atoms with Gasteiger partial charge in [0.25, 0.3) is 0 Å². The van der Waals surface area contributed by atoms with Crippen LogP contribution in [0.15, 0.2) is 24.3 Å². The summed E-state index contributed by atoms with van der Waals surface area (Å²) in [6.45, 7) is 0.867. The zero-order valence-corrected chi connectivity index (χ0v) is 11.4. The second kappa shape index (κ2) is 4.70. The molecule has 2 aromatic rings. The number of ether oxygens (including phenoxy) is 1. The molecule has 3 rings (SSSR count). The lowest BCUT2D eigenvalue weighted by atomic mass is 10.1. The Morgan fingerprint density at radius 2 is 2.16 bits per heavy atom. The lowest BCUT2D eigenvalue weighted by molar-refractivity contribution is 0.317. The van der Waals surface area contributed by atoms with E-state index >= 15 is 0 Å². The smallest absolute Gasteiger partial charge is 0.128 e. The molecule has 1 fully saturated rings. The predicted octanol–water partition coefficient (Wildman–Crippen LogP) is 2.42. The molecular weight excluding hydrogens is 238 g/mol. The van der Waals surface area contributed by atoms with Crippen molar-refractivity contribution in [3.63, 3.8) is 0 Å². The van der Waals surface area contributed by atoms with Crippen LogP contribution in [0.2, 0.25) is 0 Å². The molecule has 1 aliphatic carbocycles. The average molecular weight is 257 g/mol. The monoisotopic (exact) mass is 257 g/mol. The Bertz CT molecular complexity index is 608. The first-order chi connectivity index (χ1) is 9.17. The highest BCUT2D eigenvalue weighted by molar-refractivity contribution is 5.82. The Balaban J connectivity index is 1.94. The molecule has 0 saturated heterocycles. The molecule has 0 unspecified atom stereocenters. The van der Waals surface area contributed by atoms with E-state index in [1.54, 1.807) is 7.11 Å². The van der Waals surface area contributed by atoms with Crippen molar-refractivity contribution in [3.05, 3.63) is 29.8 Å². The van der Waals surface area contributed by atoms with Crippen LogP contribution in [0.4, 0.5) is 5.82 Å². The summed E-state index contributed by atoms with van der Waals surface area (Å²) in [5.41, 5.74) is 8.06. The molecule has 4 heteroatoms. The molecule has 100 valence electrons. The Morgan fingerprint density at radius 1 is 1.37 bits per heavy atom. The van der Waals surface area contributed by atoms with Crippen LogP contribution in [0.1, 0.15) is 18.4 Å². The molecule has 4 nitrogen and oxygen atoms in total. The molecule has 0 aliphatic heterocycles. The quantitative estimate of drug-likeness (QED) is 0.914. The van der Waals surface area contributed by atoms with Gasteiger partial charge in [0.15, 0.2) is 0 Å². The van der Waals surface area contributed by atoms with Gasteiger partial charge in [0.2, 0.25) is 0 Å². The molecule has 1 aromatic carbocycles. The van der Waals surface area contributed by atoms with Crippen LogP contribution in [-0.4, -0.2) is 30.1 Å². The number of rotatable bonds is 4. The summed E-state index contributed by atoms with van der Waals surface area (Å²) in [6.07, 6.45) is 2.60. The Kier molecular flexibility index (Phi) is 3.03. The number of hydrogen-bond acceptors (Lipinski definition) is 4. The van der Waals surface area contributed by atoms with Gasteiger partial charge in [0.05, 0.1) is 12.6 Å². The largest absolute Gasteiger partial charge is 0.497 e. The third-order valence-corrected chi connectivity index (χ3v) is 3.73. The number of nitrogen functional groups attached to an aromatic ring is 1. The number of nitrogens with zero attached hydrogens (tertiary/aromatic N) is 2. The minimum Gasteiger partial charge on any atom is -0.497 e. The molecule has 1 aromatic heterocycles. The van der Waals surface area contributed by atoms with Gasteiger partial charge in [0.1, 0.15) is 11.6 Å². The maximum Gasteiger partial charge on any atom is 0.128 e. The predicted molar refractivity (Wildman–Crippen MR) is 77.2 cm³/mol. The minimum absolute atomic E-state index is 0.619. The summed E-state index contributed by atoms with van der Waals surface area (Å²) in [5.74, 6) is 1.43. The summed E-state index contributed by atoms with van der Waals surface area (Å²) >= 11 is 0. The number of fused-ring (bicyclic) bond motifs is 1. The third-order valence-electron chi connectivity index (χ3n) is 3.73. The summed E-state index contributed by atoms with van der Waals surface area (Å²) < 4.78 is 5.21. The lowest BCUT2D eigenvalue weighted by Gasteiger charge is -2.17. The maximum absolute atomic E-state index is 6.07. The molecule has 0 spiro atoms. The van der Waals surface area contributed by atoms with Crippen molar-refractivity contribution in [2.45, 2.75) is 25.4 Å². The number of benzene rings is 1. The molecule has 0 amide bonds. The van der Waals surface area contributed by atoms with Gasteiger partial charge in [-0.05, 0) is 38.1 Å². The standard InChI is InChI=1S/C15H19N3O/c1-18(12-4-5-12)9-11-7-10-3-6-13(19-2)8-14(10)17-15(11)16/h3,6-8,12H,4-5,9H2,1-2H3,(H2,16,17). The average Bonchev–Trinajstić information content (AvgIpc) is 3.23. The molecular formula is C15H19N3O. The number of pyridine rings is 1. The zero-order valence-electron chi connectivity index (χ0n) is 11.4. The SMILES string of the molecule is COc1ccc2cc(CN(C)C3CC3)c(N)nc2c1. The number of methoxy groups -OCH3 is 1. The zero-order chi connectivity index (χ0) is 13.4. The molecule has 1 aliphatic rings. The summed E-state index contributed by atoms with van der Waals surface area (Å²) in [4.78, 5) is 6.84. The molecule has 0 bridgehead atoms. The molecule has 1 heterocycles. The van der Waals surface area contributed by atoms with E-state index in [0.29, 0.717) is 5.82 Å². The van der Waals surface area contributed by atoms with Crippen LogP contribution in [0, 0.1) is 0 Å². The van der Waals surface area contributed by atoms with Gasteiger partial charge >= 0.3 is 0 Å². The van der Waals surface area contributed by atoms with Crippen molar-refractivity contribution in [1.82, 2.24) is 9.88 Å². The van der Waals surface area contributed by atoms with Gasteiger partial charge in [-0.1, -0.05) is 0 Å². The highest BCUT2D eigenvalue weighted by atomic mass is 16.5. The van der Waals surface area contributed by atoms with E-state index in [9.17, 15) is 0 Å². The van der Waals surface area contributed by atoms with Crippen molar-refractivity contribution in [2.24, 2.45) is 0 Å². The van der Waals surface area contributed by atoms with Crippen molar-refractivity contribution in [1.29, 1.82) is 0 Å². The number of hydrogen-bond donors (Lipinski definition) is 1. The first-order valence-corrected chi connectivity index (χ1v) is 6.61. The van der Waals surface area contributed by atoms with Crippen LogP contribution in [-0.2, 0) is 6.54 Å². The van der Waals surface area contributed by atoms with E-state index in [0.717, 1.165) is 34.8 Å². The maximum atomic E-state index is 6.07. The fourth-order valence-corrected chi connectivity index (χ4v) is 2.37. The molecule has 2 N–H and O–H groups in total. The fourth-order valence-electron chi connectivity index (χ4n) is 2.37. The number of anilines is 1. The van der Waals surface area contributed by atoms with Crippen molar-refractivity contribution in [2.75, 3.05) is 19.9 Å². The number of aromatic nitrogens is 1. The Labute approximate surface area is 113 Å². The van der Waals surface area contributed by atoms with Gasteiger partial charge in [-0.15, -0.1) is 0 Å². The van der Waals surface area contributed by atoms with Crippen molar-refractivity contribution in [3.8, 4) is 5.75 Å². The van der Waals surface area contributed by atoms with Gasteiger partial charge in [-0.25, -0.2) is 4.98 Å². The van der Waals surface area contributed by atoms with E-state index in [2.05, 4.69) is 23.0 Å². The number of nitrogens with two attached hydrogens (primary N) is 1. The van der Waals surface area contributed by atoms with Crippen LogP contribution >= 0.6 is 0 Å². The second-order valence-electron chi connectivity index (χ2n) is 5.24. The molecule has 0 radical (unpaired) electrons. The van der Waals surface area contributed by atoms with E-state index in [1.807, 2.05) is 18.2 Å². The molecule has 19 heavy (non-hydrogen) atoms. The van der Waals surface area contributed by atoms with E-state index in [1.165, 1.54) is 12.8 Å². The fraction of sp³-hybridized carbons (Fsp3) is 0.400. The normalized spacial score (nSPS) is 15.1. The Hall–Kier alpha value is -1.81. The minimum atomic E-state index is 0.619. The first-order valence-electron chi connectivity index (χ1n) is 6.61. The van der Waals surface area contributed by atoms with Crippen LogP contribution < -0.4 is 10.5 Å². The van der Waals surface area contributed by atoms with Gasteiger partial charge in [0, 0.05) is 29.6 Å². The third kappa shape index (κ3) is 2.49. The van der Waals surface area contributed by atoms with E-state index in [-0.39, 0.29) is 0 Å². The first kappa shape index (κ1) is 12.2. The molecule has 1 saturated carbocycles. The van der Waals surface area contributed by atoms with Crippen LogP contribution in [0.3, 0.4) is 0 Å². The highest BCUT2D eigenvalue weighted by Crippen LogP contribution is 2.29. The Morgan fingerprint density at radius 3 is 2.84 bits per heavy atom. The summed E-state index contributed by atoms with van der Waals surface area (Å²) in [7, 11) is 3.80. The topological polar surface area (TPSA) is 51.4 Å². The van der Waals surface area contributed by atoms with Crippen molar-refractivity contribution < 1.29 is 4.74 Å². The van der Waals surface area contributed by atoms with Crippen molar-refractivity contribution >= 4 is 16.7 Å². The molecule has 0 atom stereocenters.